The van der Waals surface area contributed by atoms with Crippen LogP contribution in [0.15, 0.2) is 0 Å². The molecule has 0 atom stereocenters. The van der Waals surface area contributed by atoms with E-state index in [1.54, 1.807) is 12.0 Å². The highest BCUT2D eigenvalue weighted by molar-refractivity contribution is 5.84. The monoisotopic (exact) mass is 252 g/mol. The van der Waals surface area contributed by atoms with Crippen molar-refractivity contribution in [1.29, 1.82) is 5.26 Å². The van der Waals surface area contributed by atoms with Gasteiger partial charge in [-0.2, -0.15) is 5.26 Å². The number of nitrogens with zero attached hydrogens (tertiary/aromatic N) is 2. The Morgan fingerprint density at radius 3 is 2.22 bits per heavy atom. The van der Waals surface area contributed by atoms with E-state index >= 15 is 0 Å². The zero-order chi connectivity index (χ0) is 14.0. The van der Waals surface area contributed by atoms with Crippen LogP contribution in [-0.2, 0) is 9.53 Å². The summed E-state index contributed by atoms with van der Waals surface area (Å²) < 4.78 is 5.03. The lowest BCUT2D eigenvalue weighted by Gasteiger charge is -2.22. The first-order valence-corrected chi connectivity index (χ1v) is 6.45. The molecule has 0 spiro atoms. The fraction of sp³-hybridized carbons (Fsp3) is 0.857. The van der Waals surface area contributed by atoms with Gasteiger partial charge in [0.2, 0.25) is 5.91 Å². The van der Waals surface area contributed by atoms with E-state index in [2.05, 4.69) is 33.8 Å². The first-order chi connectivity index (χ1) is 8.30. The van der Waals surface area contributed by atoms with E-state index in [0.29, 0.717) is 26.1 Å². The number of methoxy groups -OCH3 is 1. The minimum Gasteiger partial charge on any atom is -0.383 e. The van der Waals surface area contributed by atoms with Crippen molar-refractivity contribution in [3.63, 3.8) is 0 Å². The molecule has 1 fully saturated rings. The minimum atomic E-state index is 0.0437. The number of rotatable bonds is 6. The molecule has 4 nitrogen and oxygen atoms in total. The SMILES string of the molecule is COCCN(CCC#N)C(=O)C1C(C)(C)C1(C)C. The number of hydrogen-bond donors (Lipinski definition) is 0. The van der Waals surface area contributed by atoms with Gasteiger partial charge in [0.15, 0.2) is 0 Å². The Kier molecular flexibility index (Phi) is 4.39. The van der Waals surface area contributed by atoms with Crippen molar-refractivity contribution in [2.24, 2.45) is 16.7 Å². The molecular weight excluding hydrogens is 228 g/mol. The molecule has 0 unspecified atom stereocenters. The Labute approximate surface area is 110 Å². The molecule has 0 aromatic carbocycles. The first kappa shape index (κ1) is 15.0. The van der Waals surface area contributed by atoms with E-state index in [1.165, 1.54) is 0 Å². The Balaban J connectivity index is 2.69. The summed E-state index contributed by atoms with van der Waals surface area (Å²) in [6.07, 6.45) is 0.378. The van der Waals surface area contributed by atoms with Crippen LogP contribution in [0.4, 0.5) is 0 Å². The normalized spacial score (nSPS) is 20.2. The molecule has 1 aliphatic carbocycles. The number of amides is 1. The Bertz CT molecular complexity index is 341. The third-order valence-electron chi connectivity index (χ3n) is 4.64. The maximum atomic E-state index is 12.5. The smallest absolute Gasteiger partial charge is 0.226 e. The molecule has 1 amide bonds. The maximum Gasteiger partial charge on any atom is 0.226 e. The largest absolute Gasteiger partial charge is 0.383 e. The van der Waals surface area contributed by atoms with E-state index in [9.17, 15) is 4.79 Å². The minimum absolute atomic E-state index is 0.0437. The molecule has 0 heterocycles. The molecule has 4 heteroatoms. The molecule has 0 aromatic heterocycles. The van der Waals surface area contributed by atoms with Gasteiger partial charge in [0.05, 0.1) is 19.1 Å². The highest BCUT2D eigenvalue weighted by Crippen LogP contribution is 2.68. The topological polar surface area (TPSA) is 53.3 Å². The van der Waals surface area contributed by atoms with Crippen molar-refractivity contribution >= 4 is 5.91 Å². The van der Waals surface area contributed by atoms with Gasteiger partial charge in [0.25, 0.3) is 0 Å². The lowest BCUT2D eigenvalue weighted by molar-refractivity contribution is -0.134. The van der Waals surface area contributed by atoms with Gasteiger partial charge in [-0.25, -0.2) is 0 Å². The van der Waals surface area contributed by atoms with Crippen LogP contribution in [0.3, 0.4) is 0 Å². The summed E-state index contributed by atoms with van der Waals surface area (Å²) >= 11 is 0. The van der Waals surface area contributed by atoms with E-state index < -0.39 is 0 Å². The fourth-order valence-electron chi connectivity index (χ4n) is 2.71. The van der Waals surface area contributed by atoms with Gasteiger partial charge in [-0.15, -0.1) is 0 Å². The van der Waals surface area contributed by atoms with Crippen LogP contribution in [0.2, 0.25) is 0 Å². The summed E-state index contributed by atoms with van der Waals surface area (Å²) in [7, 11) is 1.62. The van der Waals surface area contributed by atoms with Crippen LogP contribution < -0.4 is 0 Å². The van der Waals surface area contributed by atoms with Crippen molar-refractivity contribution in [2.45, 2.75) is 34.1 Å². The van der Waals surface area contributed by atoms with E-state index in [0.717, 1.165) is 0 Å². The van der Waals surface area contributed by atoms with Gasteiger partial charge in [0, 0.05) is 26.1 Å². The van der Waals surface area contributed by atoms with Gasteiger partial charge in [-0.05, 0) is 10.8 Å². The first-order valence-electron chi connectivity index (χ1n) is 6.45. The predicted molar refractivity (Wildman–Crippen MR) is 69.7 cm³/mol. The number of hydrogen-bond acceptors (Lipinski definition) is 3. The predicted octanol–water partition coefficient (Wildman–Crippen LogP) is 2.06. The highest BCUT2D eigenvalue weighted by atomic mass is 16.5. The summed E-state index contributed by atoms with van der Waals surface area (Å²) in [5.74, 6) is 0.220. The zero-order valence-electron chi connectivity index (χ0n) is 12.1. The van der Waals surface area contributed by atoms with Crippen molar-refractivity contribution in [1.82, 2.24) is 4.90 Å². The Morgan fingerprint density at radius 1 is 1.28 bits per heavy atom. The van der Waals surface area contributed by atoms with Crippen LogP contribution >= 0.6 is 0 Å². The molecule has 0 aliphatic heterocycles. The summed E-state index contributed by atoms with van der Waals surface area (Å²) in [6, 6.07) is 2.10. The molecule has 0 aromatic rings. The second-order valence-corrected chi connectivity index (χ2v) is 6.10. The summed E-state index contributed by atoms with van der Waals surface area (Å²) in [5, 5.41) is 8.66. The molecule has 0 saturated heterocycles. The van der Waals surface area contributed by atoms with Crippen LogP contribution in [0.25, 0.3) is 0 Å². The Morgan fingerprint density at radius 2 is 1.83 bits per heavy atom. The van der Waals surface area contributed by atoms with Crippen LogP contribution in [0.1, 0.15) is 34.1 Å². The summed E-state index contributed by atoms with van der Waals surface area (Å²) in [5.41, 5.74) is 0.0874. The van der Waals surface area contributed by atoms with Gasteiger partial charge in [-0.3, -0.25) is 4.79 Å². The van der Waals surface area contributed by atoms with Gasteiger partial charge in [-0.1, -0.05) is 27.7 Å². The zero-order valence-corrected chi connectivity index (χ0v) is 12.1. The third-order valence-corrected chi connectivity index (χ3v) is 4.64. The van der Waals surface area contributed by atoms with Crippen molar-refractivity contribution in [3.05, 3.63) is 0 Å². The standard InChI is InChI=1S/C14H24N2O2/c1-13(2)11(14(13,3)4)12(17)16(8-6-7-15)9-10-18-5/h11H,6,8-10H2,1-5H3. The van der Waals surface area contributed by atoms with E-state index in [1.807, 2.05) is 0 Å². The number of carbonyl (C=O) groups excluding carboxylic acids is 1. The number of carbonyl (C=O) groups is 1. The molecule has 102 valence electrons. The van der Waals surface area contributed by atoms with Gasteiger partial charge in [0.1, 0.15) is 0 Å². The molecule has 0 bridgehead atoms. The molecule has 1 rings (SSSR count). The van der Waals surface area contributed by atoms with Crippen molar-refractivity contribution in [2.75, 3.05) is 26.8 Å². The van der Waals surface area contributed by atoms with E-state index in [-0.39, 0.29) is 22.7 Å². The highest BCUT2D eigenvalue weighted by Gasteiger charge is 2.68. The Hall–Kier alpha value is -1.08. The lowest BCUT2D eigenvalue weighted by atomic mass is 10.0. The van der Waals surface area contributed by atoms with Gasteiger partial charge >= 0.3 is 0 Å². The van der Waals surface area contributed by atoms with Crippen molar-refractivity contribution in [3.8, 4) is 6.07 Å². The summed E-state index contributed by atoms with van der Waals surface area (Å²) in [6.45, 7) is 10.1. The van der Waals surface area contributed by atoms with Crippen LogP contribution in [0.5, 0.6) is 0 Å². The number of nitriles is 1. The molecule has 18 heavy (non-hydrogen) atoms. The third kappa shape index (κ3) is 2.51. The average Bonchev–Trinajstić information content (AvgIpc) is 2.69. The quantitative estimate of drug-likeness (QED) is 0.727. The molecular formula is C14H24N2O2. The van der Waals surface area contributed by atoms with Gasteiger partial charge < -0.3 is 9.64 Å². The van der Waals surface area contributed by atoms with Crippen LogP contribution in [0, 0.1) is 28.1 Å². The fourth-order valence-corrected chi connectivity index (χ4v) is 2.71. The second-order valence-electron chi connectivity index (χ2n) is 6.10. The maximum absolute atomic E-state index is 12.5. The number of ether oxygens (including phenoxy) is 1. The average molecular weight is 252 g/mol. The molecule has 0 N–H and O–H groups in total. The molecule has 0 radical (unpaired) electrons. The molecule has 1 aliphatic rings. The second kappa shape index (κ2) is 5.27. The molecule has 1 saturated carbocycles. The van der Waals surface area contributed by atoms with Crippen LogP contribution in [-0.4, -0.2) is 37.6 Å². The van der Waals surface area contributed by atoms with Crippen molar-refractivity contribution < 1.29 is 9.53 Å². The lowest BCUT2D eigenvalue weighted by Crippen LogP contribution is -2.37. The summed E-state index contributed by atoms with van der Waals surface area (Å²) in [4.78, 5) is 14.3. The van der Waals surface area contributed by atoms with E-state index in [4.69, 9.17) is 10.00 Å².